The Hall–Kier alpha value is -2.50. The van der Waals surface area contributed by atoms with Gasteiger partial charge < -0.3 is 14.2 Å². The number of rotatable bonds is 4. The third-order valence-corrected chi connectivity index (χ3v) is 3.31. The van der Waals surface area contributed by atoms with Crippen LogP contribution in [0.1, 0.15) is 29.3 Å². The lowest BCUT2D eigenvalue weighted by atomic mass is 10.1. The summed E-state index contributed by atoms with van der Waals surface area (Å²) in [4.78, 5) is 12.0. The fraction of sp³-hybridized carbons (Fsp3) is 0.333. The molecule has 0 fully saturated rings. The van der Waals surface area contributed by atoms with Gasteiger partial charge in [-0.1, -0.05) is 0 Å². The van der Waals surface area contributed by atoms with Crippen molar-refractivity contribution in [2.24, 2.45) is 0 Å². The number of pyridine rings is 1. The van der Waals surface area contributed by atoms with Crippen LogP contribution in [0.15, 0.2) is 24.5 Å². The average Bonchev–Trinajstić information content (AvgIpc) is 3.15. The largest absolute Gasteiger partial charge is 0.494 e. The highest BCUT2D eigenvalue weighted by Gasteiger charge is 2.22. The van der Waals surface area contributed by atoms with Crippen LogP contribution in [0, 0.1) is 0 Å². The molecular weight excluding hydrogens is 272 g/mol. The van der Waals surface area contributed by atoms with Crippen molar-refractivity contribution in [3.63, 3.8) is 0 Å². The summed E-state index contributed by atoms with van der Waals surface area (Å²) in [5.41, 5.74) is 1.78. The summed E-state index contributed by atoms with van der Waals surface area (Å²) in [5, 5.41) is 4.17. The molecule has 21 heavy (non-hydrogen) atoms. The van der Waals surface area contributed by atoms with Crippen LogP contribution < -0.4 is 4.74 Å². The zero-order chi connectivity index (χ0) is 14.8. The van der Waals surface area contributed by atoms with Crippen LogP contribution in [-0.4, -0.2) is 35.9 Å². The fourth-order valence-corrected chi connectivity index (χ4v) is 2.41. The van der Waals surface area contributed by atoms with Crippen molar-refractivity contribution in [3.05, 3.63) is 35.7 Å². The number of fused-ring (bicyclic) bond motifs is 1. The van der Waals surface area contributed by atoms with E-state index >= 15 is 0 Å². The summed E-state index contributed by atoms with van der Waals surface area (Å²) in [6.07, 6.45) is 6.14. The molecule has 0 saturated heterocycles. The van der Waals surface area contributed by atoms with Gasteiger partial charge in [0.15, 0.2) is 5.75 Å². The molecule has 2 aromatic rings. The van der Waals surface area contributed by atoms with Gasteiger partial charge in [-0.3, -0.25) is 0 Å². The molecule has 0 bridgehead atoms. The quantitative estimate of drug-likeness (QED) is 0.808. The Kier molecular flexibility index (Phi) is 3.51. The van der Waals surface area contributed by atoms with E-state index in [9.17, 15) is 4.79 Å². The van der Waals surface area contributed by atoms with Gasteiger partial charge in [-0.05, 0) is 19.1 Å². The third-order valence-electron chi connectivity index (χ3n) is 3.31. The van der Waals surface area contributed by atoms with Gasteiger partial charge in [-0.2, -0.15) is 5.10 Å². The monoisotopic (exact) mass is 288 g/mol. The van der Waals surface area contributed by atoms with Crippen LogP contribution >= 0.6 is 0 Å². The molecule has 0 unspecified atom stereocenters. The Morgan fingerprint density at radius 3 is 3.05 bits per heavy atom. The van der Waals surface area contributed by atoms with E-state index in [0.717, 1.165) is 17.7 Å². The highest BCUT2D eigenvalue weighted by Crippen LogP contribution is 2.34. The molecule has 1 aliphatic heterocycles. The van der Waals surface area contributed by atoms with E-state index in [4.69, 9.17) is 14.2 Å². The molecule has 3 rings (SSSR count). The lowest BCUT2D eigenvalue weighted by Gasteiger charge is -2.12. The molecule has 110 valence electrons. The molecule has 1 aliphatic rings. The molecule has 0 aliphatic carbocycles. The summed E-state index contributed by atoms with van der Waals surface area (Å²) in [5.74, 6) is 0.917. The predicted molar refractivity (Wildman–Crippen MR) is 76.2 cm³/mol. The second-order valence-electron chi connectivity index (χ2n) is 4.54. The van der Waals surface area contributed by atoms with E-state index in [1.54, 1.807) is 24.7 Å². The normalized spacial score (nSPS) is 13.9. The number of esters is 1. The molecule has 0 amide bonds. The second-order valence-corrected chi connectivity index (χ2v) is 4.54. The molecular formula is C15H16N2O4. The van der Waals surface area contributed by atoms with Crippen LogP contribution in [0.4, 0.5) is 0 Å². The van der Waals surface area contributed by atoms with Gasteiger partial charge in [-0.25, -0.2) is 9.31 Å². The van der Waals surface area contributed by atoms with Crippen molar-refractivity contribution in [1.29, 1.82) is 0 Å². The van der Waals surface area contributed by atoms with Crippen LogP contribution in [0.5, 0.6) is 5.75 Å². The highest BCUT2D eigenvalue weighted by atomic mass is 16.5. The number of aromatic nitrogens is 2. The first-order chi connectivity index (χ1) is 10.3. The van der Waals surface area contributed by atoms with E-state index in [1.165, 1.54) is 6.20 Å². The van der Waals surface area contributed by atoms with Crippen LogP contribution in [0.25, 0.3) is 11.3 Å². The van der Waals surface area contributed by atoms with Gasteiger partial charge in [-0.15, -0.1) is 0 Å². The summed E-state index contributed by atoms with van der Waals surface area (Å²) in [6, 6.07) is 1.87. The van der Waals surface area contributed by atoms with Crippen LogP contribution in [0.2, 0.25) is 0 Å². The van der Waals surface area contributed by atoms with Crippen LogP contribution in [0.3, 0.4) is 0 Å². The number of hydrogen-bond acceptors (Lipinski definition) is 5. The number of nitrogens with zero attached hydrogens (tertiary/aromatic N) is 2. The predicted octanol–water partition coefficient (Wildman–Crippen LogP) is 2.28. The molecule has 3 heterocycles. The molecule has 0 spiro atoms. The fourth-order valence-electron chi connectivity index (χ4n) is 2.41. The molecule has 0 radical (unpaired) electrons. The first kappa shape index (κ1) is 13.5. The van der Waals surface area contributed by atoms with Gasteiger partial charge >= 0.3 is 5.97 Å². The van der Waals surface area contributed by atoms with Gasteiger partial charge in [0.1, 0.15) is 16.8 Å². The van der Waals surface area contributed by atoms with Crippen LogP contribution in [-0.2, 0) is 9.47 Å². The lowest BCUT2D eigenvalue weighted by Crippen LogP contribution is -2.05. The molecule has 2 aromatic heterocycles. The lowest BCUT2D eigenvalue weighted by molar-refractivity contribution is 0.0528. The minimum Gasteiger partial charge on any atom is -0.494 e. The van der Waals surface area contributed by atoms with Gasteiger partial charge in [0, 0.05) is 12.6 Å². The SMILES string of the molecule is CCOC(=O)c1cnn2ccc(C3=CCCO3)c(OC)c12. The van der Waals surface area contributed by atoms with E-state index in [2.05, 4.69) is 5.10 Å². The summed E-state index contributed by atoms with van der Waals surface area (Å²) in [6.45, 7) is 2.74. The van der Waals surface area contributed by atoms with Gasteiger partial charge in [0.2, 0.25) is 0 Å². The molecule has 6 heteroatoms. The minimum atomic E-state index is -0.413. The minimum absolute atomic E-state index is 0.312. The first-order valence-corrected chi connectivity index (χ1v) is 6.81. The summed E-state index contributed by atoms with van der Waals surface area (Å²) in [7, 11) is 1.57. The maximum Gasteiger partial charge on any atom is 0.342 e. The zero-order valence-corrected chi connectivity index (χ0v) is 12.0. The van der Waals surface area contributed by atoms with Crippen molar-refractivity contribution in [1.82, 2.24) is 9.61 Å². The van der Waals surface area contributed by atoms with E-state index in [-0.39, 0.29) is 0 Å². The van der Waals surface area contributed by atoms with Crippen molar-refractivity contribution >= 4 is 17.2 Å². The van der Waals surface area contributed by atoms with Crippen molar-refractivity contribution in [2.45, 2.75) is 13.3 Å². The Balaban J connectivity index is 2.19. The standard InChI is InChI=1S/C15H16N2O4/c1-3-20-15(18)11-9-16-17-7-6-10(12-5-4-8-21-12)14(19-2)13(11)17/h5-7,9H,3-4,8H2,1-2H3. The Bertz CT molecular complexity index is 718. The van der Waals surface area contributed by atoms with E-state index in [1.807, 2.05) is 12.1 Å². The molecule has 0 N–H and O–H groups in total. The molecule has 0 aromatic carbocycles. The molecule has 0 saturated carbocycles. The Labute approximate surface area is 121 Å². The van der Waals surface area contributed by atoms with Gasteiger partial charge in [0.05, 0.1) is 32.1 Å². The number of ether oxygens (including phenoxy) is 3. The van der Waals surface area contributed by atoms with Crippen molar-refractivity contribution in [2.75, 3.05) is 20.3 Å². The Morgan fingerprint density at radius 2 is 2.38 bits per heavy atom. The summed E-state index contributed by atoms with van der Waals surface area (Å²) >= 11 is 0. The zero-order valence-electron chi connectivity index (χ0n) is 12.0. The average molecular weight is 288 g/mol. The highest BCUT2D eigenvalue weighted by molar-refractivity contribution is 5.99. The van der Waals surface area contributed by atoms with Crippen molar-refractivity contribution < 1.29 is 19.0 Å². The number of carbonyl (C=O) groups excluding carboxylic acids is 1. The van der Waals surface area contributed by atoms with E-state index < -0.39 is 5.97 Å². The topological polar surface area (TPSA) is 62.1 Å². The number of methoxy groups -OCH3 is 1. The maximum absolute atomic E-state index is 12.0. The molecule has 0 atom stereocenters. The Morgan fingerprint density at radius 1 is 1.52 bits per heavy atom. The number of hydrogen-bond donors (Lipinski definition) is 0. The van der Waals surface area contributed by atoms with Gasteiger partial charge in [0.25, 0.3) is 0 Å². The summed E-state index contributed by atoms with van der Waals surface area (Å²) < 4.78 is 17.8. The van der Waals surface area contributed by atoms with Crippen molar-refractivity contribution in [3.8, 4) is 5.75 Å². The maximum atomic E-state index is 12.0. The van der Waals surface area contributed by atoms with E-state index in [0.29, 0.717) is 30.0 Å². The second kappa shape index (κ2) is 5.47. The molecule has 6 nitrogen and oxygen atoms in total. The first-order valence-electron chi connectivity index (χ1n) is 6.81. The third kappa shape index (κ3) is 2.22. The smallest absolute Gasteiger partial charge is 0.342 e. The number of carbonyl (C=O) groups is 1.